The van der Waals surface area contributed by atoms with Crippen molar-refractivity contribution in [3.8, 4) is 6.07 Å². The van der Waals surface area contributed by atoms with Gasteiger partial charge in [0, 0.05) is 4.90 Å². The number of hydrogen-bond donors (Lipinski definition) is 2. The number of para-hydroxylation sites is 2. The zero-order valence-electron chi connectivity index (χ0n) is 15.8. The Bertz CT molecular complexity index is 1270. The molecule has 4 rings (SSSR count). The third-order valence-corrected chi connectivity index (χ3v) is 5.44. The molecule has 3 aromatic carbocycles. The van der Waals surface area contributed by atoms with E-state index in [2.05, 4.69) is 9.97 Å². The van der Waals surface area contributed by atoms with Crippen LogP contribution >= 0.6 is 11.8 Å². The molecule has 148 valence electrons. The number of nitriles is 1. The number of allylic oxidation sites excluding steroid dienone is 1. The molecule has 0 aliphatic carbocycles. The maximum absolute atomic E-state index is 12.1. The number of ether oxygens (including phenoxy) is 1. The van der Waals surface area contributed by atoms with Crippen LogP contribution in [-0.2, 0) is 9.53 Å². The maximum atomic E-state index is 12.1. The molecule has 0 radical (unpaired) electrons. The van der Waals surface area contributed by atoms with Crippen LogP contribution < -0.4 is 0 Å². The predicted octanol–water partition coefficient (Wildman–Crippen LogP) is 4.84. The minimum atomic E-state index is -0.485. The van der Waals surface area contributed by atoms with E-state index in [-0.39, 0.29) is 22.9 Å². The number of imidazole rings is 1. The van der Waals surface area contributed by atoms with Crippen molar-refractivity contribution in [1.82, 2.24) is 9.97 Å². The Balaban J connectivity index is 1.38. The Labute approximate surface area is 176 Å². The average Bonchev–Trinajstić information content (AvgIpc) is 3.20. The molecule has 0 saturated heterocycles. The van der Waals surface area contributed by atoms with E-state index >= 15 is 0 Å². The van der Waals surface area contributed by atoms with Crippen LogP contribution in [0.25, 0.3) is 27.4 Å². The summed E-state index contributed by atoms with van der Waals surface area (Å²) in [5, 5.41) is 21.9. The second-order valence-electron chi connectivity index (χ2n) is 6.49. The minimum absolute atomic E-state index is 0.0545. The van der Waals surface area contributed by atoms with Crippen LogP contribution in [0, 0.1) is 11.3 Å². The molecule has 1 aromatic heterocycles. The second-order valence-corrected chi connectivity index (χ2v) is 7.54. The number of nitrogens with one attached hydrogen (secondary N) is 1. The van der Waals surface area contributed by atoms with Crippen molar-refractivity contribution >= 4 is 45.1 Å². The van der Waals surface area contributed by atoms with E-state index in [4.69, 9.17) is 4.74 Å². The van der Waals surface area contributed by atoms with Crippen LogP contribution in [0.4, 0.5) is 0 Å². The lowest BCUT2D eigenvalue weighted by Crippen LogP contribution is -2.11. The van der Waals surface area contributed by atoms with Gasteiger partial charge in [-0.2, -0.15) is 5.26 Å². The lowest BCUT2D eigenvalue weighted by atomic mass is 10.1. The van der Waals surface area contributed by atoms with Crippen LogP contribution in [0.3, 0.4) is 0 Å². The highest BCUT2D eigenvalue weighted by Crippen LogP contribution is 2.24. The monoisotopic (exact) mass is 415 g/mol. The normalized spacial score (nSPS) is 11.8. The van der Waals surface area contributed by atoms with Gasteiger partial charge in [-0.15, -0.1) is 11.8 Å². The van der Waals surface area contributed by atoms with Crippen molar-refractivity contribution in [1.29, 1.82) is 5.26 Å². The third-order valence-electron chi connectivity index (χ3n) is 4.47. The molecule has 2 N–H and O–H groups in total. The largest absolute Gasteiger partial charge is 0.507 e. The number of aromatic amines is 1. The number of aliphatic hydroxyl groups is 1. The number of benzene rings is 3. The molecule has 1 heterocycles. The third kappa shape index (κ3) is 4.29. The molecular weight excluding hydrogens is 398 g/mol. The SMILES string of the molecule is N#C/C(=C(\O)COC(=O)CSc1ccc2ccccc2c1)c1nc2ccccc2[nH]1. The molecule has 0 fully saturated rings. The Morgan fingerprint density at radius 1 is 1.10 bits per heavy atom. The fraction of sp³-hybridized carbons (Fsp3) is 0.0870. The highest BCUT2D eigenvalue weighted by atomic mass is 32.2. The van der Waals surface area contributed by atoms with E-state index in [0.717, 1.165) is 21.2 Å². The molecule has 0 unspecified atom stereocenters. The smallest absolute Gasteiger partial charge is 0.316 e. The summed E-state index contributed by atoms with van der Waals surface area (Å²) in [5.74, 6) is -0.502. The van der Waals surface area contributed by atoms with Gasteiger partial charge in [-0.05, 0) is 35.0 Å². The molecule has 0 spiro atoms. The van der Waals surface area contributed by atoms with Gasteiger partial charge in [-0.1, -0.05) is 42.5 Å². The Hall–Kier alpha value is -3.76. The standard InChI is InChI=1S/C23H17N3O3S/c24-12-18(23-25-19-7-3-4-8-20(19)26-23)21(27)13-29-22(28)14-30-17-10-9-15-5-1-2-6-16(15)11-17/h1-11,27H,13-14H2,(H,25,26)/b21-18+. The van der Waals surface area contributed by atoms with Gasteiger partial charge >= 0.3 is 5.97 Å². The zero-order chi connectivity index (χ0) is 20.9. The topological polar surface area (TPSA) is 99.0 Å². The van der Waals surface area contributed by atoms with Gasteiger partial charge in [0.2, 0.25) is 0 Å². The number of thioether (sulfide) groups is 1. The van der Waals surface area contributed by atoms with Gasteiger partial charge in [0.15, 0.2) is 11.6 Å². The first-order valence-electron chi connectivity index (χ1n) is 9.18. The number of nitrogens with zero attached hydrogens (tertiary/aromatic N) is 2. The fourth-order valence-electron chi connectivity index (χ4n) is 2.99. The fourth-order valence-corrected chi connectivity index (χ4v) is 3.73. The molecule has 7 heteroatoms. The van der Waals surface area contributed by atoms with Gasteiger partial charge in [0.1, 0.15) is 18.2 Å². The average molecular weight is 415 g/mol. The summed E-state index contributed by atoms with van der Waals surface area (Å²) in [7, 11) is 0. The van der Waals surface area contributed by atoms with E-state index in [9.17, 15) is 15.2 Å². The molecule has 0 atom stereocenters. The summed E-state index contributed by atoms with van der Waals surface area (Å²) in [6, 6.07) is 23.2. The maximum Gasteiger partial charge on any atom is 0.316 e. The van der Waals surface area contributed by atoms with Crippen molar-refractivity contribution in [2.24, 2.45) is 0 Å². The number of aromatic nitrogens is 2. The molecule has 4 aromatic rings. The summed E-state index contributed by atoms with van der Waals surface area (Å²) < 4.78 is 5.13. The summed E-state index contributed by atoms with van der Waals surface area (Å²) in [4.78, 5) is 20.3. The quantitative estimate of drug-likeness (QED) is 0.202. The number of aliphatic hydroxyl groups excluding tert-OH is 1. The number of fused-ring (bicyclic) bond motifs is 2. The number of hydrogen-bond acceptors (Lipinski definition) is 6. The lowest BCUT2D eigenvalue weighted by Gasteiger charge is -2.06. The first-order valence-corrected chi connectivity index (χ1v) is 10.2. The first kappa shape index (κ1) is 19.6. The van der Waals surface area contributed by atoms with Crippen molar-refractivity contribution in [3.05, 3.63) is 78.3 Å². The Morgan fingerprint density at radius 2 is 1.87 bits per heavy atom. The van der Waals surface area contributed by atoms with Crippen LogP contribution in [0.15, 0.2) is 77.4 Å². The summed E-state index contributed by atoms with van der Waals surface area (Å²) in [6.07, 6.45) is 0. The van der Waals surface area contributed by atoms with Gasteiger partial charge in [-0.3, -0.25) is 4.79 Å². The van der Waals surface area contributed by atoms with E-state index in [1.807, 2.05) is 66.7 Å². The van der Waals surface area contributed by atoms with Gasteiger partial charge < -0.3 is 14.8 Å². The van der Waals surface area contributed by atoms with E-state index in [1.165, 1.54) is 11.8 Å². The van der Waals surface area contributed by atoms with Crippen LogP contribution in [0.5, 0.6) is 0 Å². The number of carbonyl (C=O) groups excluding carboxylic acids is 1. The molecule has 0 saturated carbocycles. The van der Waals surface area contributed by atoms with Gasteiger partial charge in [0.05, 0.1) is 16.8 Å². The summed E-state index contributed by atoms with van der Waals surface area (Å²) in [5.41, 5.74) is 1.37. The highest BCUT2D eigenvalue weighted by molar-refractivity contribution is 8.00. The number of esters is 1. The number of H-pyrrole nitrogens is 1. The predicted molar refractivity (Wildman–Crippen MR) is 117 cm³/mol. The van der Waals surface area contributed by atoms with Crippen LogP contribution in [0.2, 0.25) is 0 Å². The number of rotatable bonds is 6. The molecule has 30 heavy (non-hydrogen) atoms. The Kier molecular flexibility index (Phi) is 5.68. The lowest BCUT2D eigenvalue weighted by molar-refractivity contribution is -0.140. The molecular formula is C23H17N3O3S. The van der Waals surface area contributed by atoms with Crippen LogP contribution in [0.1, 0.15) is 5.82 Å². The summed E-state index contributed by atoms with van der Waals surface area (Å²) in [6.45, 7) is -0.392. The van der Waals surface area contributed by atoms with E-state index in [1.54, 1.807) is 6.07 Å². The molecule has 0 amide bonds. The first-order chi connectivity index (χ1) is 14.6. The number of carbonyl (C=O) groups is 1. The van der Waals surface area contributed by atoms with Crippen molar-refractivity contribution in [2.45, 2.75) is 4.90 Å². The van der Waals surface area contributed by atoms with E-state index < -0.39 is 12.6 Å². The molecule has 0 aliphatic heterocycles. The van der Waals surface area contributed by atoms with Crippen molar-refractivity contribution in [3.63, 3.8) is 0 Å². The van der Waals surface area contributed by atoms with Gasteiger partial charge in [-0.25, -0.2) is 4.98 Å². The molecule has 0 aliphatic rings. The minimum Gasteiger partial charge on any atom is -0.507 e. The molecule has 6 nitrogen and oxygen atoms in total. The van der Waals surface area contributed by atoms with Crippen molar-refractivity contribution < 1.29 is 14.6 Å². The van der Waals surface area contributed by atoms with Crippen molar-refractivity contribution in [2.75, 3.05) is 12.4 Å². The zero-order valence-corrected chi connectivity index (χ0v) is 16.6. The van der Waals surface area contributed by atoms with E-state index in [0.29, 0.717) is 5.52 Å². The molecule has 0 bridgehead atoms. The second kappa shape index (κ2) is 8.72. The van der Waals surface area contributed by atoms with Crippen LogP contribution in [-0.4, -0.2) is 33.4 Å². The highest BCUT2D eigenvalue weighted by Gasteiger charge is 2.15. The Morgan fingerprint density at radius 3 is 2.67 bits per heavy atom. The summed E-state index contributed by atoms with van der Waals surface area (Å²) >= 11 is 1.35. The van der Waals surface area contributed by atoms with Gasteiger partial charge in [0.25, 0.3) is 0 Å².